The second-order valence-electron chi connectivity index (χ2n) is 5.86. The summed E-state index contributed by atoms with van der Waals surface area (Å²) in [5, 5.41) is 11.8. The monoisotopic (exact) mass is 350 g/mol. The smallest absolute Gasteiger partial charge is 0.0833 e. The van der Waals surface area contributed by atoms with Gasteiger partial charge in [0, 0.05) is 36.6 Å². The van der Waals surface area contributed by atoms with E-state index >= 15 is 0 Å². The Morgan fingerprint density at radius 2 is 2.00 bits per heavy atom. The highest BCUT2D eigenvalue weighted by atomic mass is 79.9. The fourth-order valence-corrected chi connectivity index (χ4v) is 2.99. The van der Waals surface area contributed by atoms with Gasteiger partial charge in [0.25, 0.3) is 0 Å². The van der Waals surface area contributed by atoms with Crippen LogP contribution in [-0.2, 0) is 13.5 Å². The minimum Gasteiger partial charge on any atom is -0.316 e. The summed E-state index contributed by atoms with van der Waals surface area (Å²) >= 11 is 3.67. The fraction of sp³-hybridized carbons (Fsp3) is 0.500. The van der Waals surface area contributed by atoms with Crippen LogP contribution in [0.3, 0.4) is 0 Å². The predicted molar refractivity (Wildman–Crippen MR) is 89.3 cm³/mol. The van der Waals surface area contributed by atoms with E-state index in [4.69, 9.17) is 0 Å². The van der Waals surface area contributed by atoms with E-state index in [2.05, 4.69) is 69.7 Å². The molecule has 0 aliphatic rings. The lowest BCUT2D eigenvalue weighted by molar-refractivity contribution is 0.511. The second-order valence-corrected chi connectivity index (χ2v) is 6.71. The van der Waals surface area contributed by atoms with Crippen LogP contribution in [0.1, 0.15) is 31.0 Å². The molecule has 1 aromatic carbocycles. The Labute approximate surface area is 135 Å². The van der Waals surface area contributed by atoms with Crippen molar-refractivity contribution in [3.63, 3.8) is 0 Å². The highest BCUT2D eigenvalue weighted by Crippen LogP contribution is 2.27. The molecular weight excluding hydrogens is 328 g/mol. The maximum Gasteiger partial charge on any atom is 0.0833 e. The standard InChI is InChI=1S/C16H23BrN4/c1-12(2)9-18-10-13(8-14-11-21(3)20-19-14)15-6-4-5-7-16(15)17/h4-7,11-13,18H,8-10H2,1-3H3. The number of hydrogen-bond acceptors (Lipinski definition) is 3. The normalized spacial score (nSPS) is 12.8. The molecule has 0 amide bonds. The Kier molecular flexibility index (Phi) is 5.94. The van der Waals surface area contributed by atoms with Gasteiger partial charge in [0.05, 0.1) is 5.69 Å². The SMILES string of the molecule is CC(C)CNCC(Cc1cn(C)nn1)c1ccccc1Br. The zero-order chi connectivity index (χ0) is 15.2. The van der Waals surface area contributed by atoms with Crippen LogP contribution in [0.2, 0.25) is 0 Å². The van der Waals surface area contributed by atoms with Gasteiger partial charge in [-0.15, -0.1) is 5.10 Å². The zero-order valence-corrected chi connectivity index (χ0v) is 14.5. The van der Waals surface area contributed by atoms with Crippen LogP contribution >= 0.6 is 15.9 Å². The number of hydrogen-bond donors (Lipinski definition) is 1. The molecule has 0 saturated heterocycles. The molecular formula is C16H23BrN4. The van der Waals surface area contributed by atoms with Gasteiger partial charge in [-0.3, -0.25) is 4.68 Å². The first-order chi connectivity index (χ1) is 10.1. The van der Waals surface area contributed by atoms with E-state index in [-0.39, 0.29) is 0 Å². The molecule has 2 rings (SSSR count). The van der Waals surface area contributed by atoms with Crippen LogP contribution in [0.15, 0.2) is 34.9 Å². The molecule has 114 valence electrons. The van der Waals surface area contributed by atoms with Crippen molar-refractivity contribution in [2.24, 2.45) is 13.0 Å². The van der Waals surface area contributed by atoms with Gasteiger partial charge in [0.15, 0.2) is 0 Å². The van der Waals surface area contributed by atoms with Crippen LogP contribution < -0.4 is 5.32 Å². The maximum absolute atomic E-state index is 4.22. The van der Waals surface area contributed by atoms with Crippen molar-refractivity contribution >= 4 is 15.9 Å². The van der Waals surface area contributed by atoms with Gasteiger partial charge in [-0.25, -0.2) is 0 Å². The molecule has 1 N–H and O–H groups in total. The number of benzene rings is 1. The van der Waals surface area contributed by atoms with E-state index in [1.54, 1.807) is 4.68 Å². The van der Waals surface area contributed by atoms with Gasteiger partial charge in [0.1, 0.15) is 0 Å². The lowest BCUT2D eigenvalue weighted by Crippen LogP contribution is -2.26. The van der Waals surface area contributed by atoms with Gasteiger partial charge in [-0.05, 0) is 24.1 Å². The molecule has 1 heterocycles. The molecule has 21 heavy (non-hydrogen) atoms. The van der Waals surface area contributed by atoms with Crippen LogP contribution in [0.5, 0.6) is 0 Å². The summed E-state index contributed by atoms with van der Waals surface area (Å²) in [4.78, 5) is 0. The summed E-state index contributed by atoms with van der Waals surface area (Å²) in [5.74, 6) is 1.04. The lowest BCUT2D eigenvalue weighted by Gasteiger charge is -2.19. The average molecular weight is 351 g/mol. The summed E-state index contributed by atoms with van der Waals surface area (Å²) in [6, 6.07) is 8.42. The van der Waals surface area contributed by atoms with Gasteiger partial charge in [0.2, 0.25) is 0 Å². The van der Waals surface area contributed by atoms with E-state index in [0.29, 0.717) is 11.8 Å². The van der Waals surface area contributed by atoms with Crippen molar-refractivity contribution in [1.82, 2.24) is 20.3 Å². The van der Waals surface area contributed by atoms with E-state index in [1.807, 2.05) is 13.2 Å². The van der Waals surface area contributed by atoms with E-state index in [9.17, 15) is 0 Å². The molecule has 0 aliphatic heterocycles. The van der Waals surface area contributed by atoms with E-state index in [1.165, 1.54) is 5.56 Å². The quantitative estimate of drug-likeness (QED) is 0.833. The maximum atomic E-state index is 4.22. The number of nitrogens with zero attached hydrogens (tertiary/aromatic N) is 3. The summed E-state index contributed by atoms with van der Waals surface area (Å²) in [7, 11) is 1.90. The third-order valence-corrected chi connectivity index (χ3v) is 4.12. The van der Waals surface area contributed by atoms with Crippen LogP contribution in [0.4, 0.5) is 0 Å². The van der Waals surface area contributed by atoms with Crippen molar-refractivity contribution in [3.8, 4) is 0 Å². The number of halogens is 1. The number of aromatic nitrogens is 3. The van der Waals surface area contributed by atoms with Crippen molar-refractivity contribution in [3.05, 3.63) is 46.2 Å². The summed E-state index contributed by atoms with van der Waals surface area (Å²) in [6.07, 6.45) is 2.88. The number of rotatable bonds is 7. The topological polar surface area (TPSA) is 42.7 Å². The van der Waals surface area contributed by atoms with Crippen molar-refractivity contribution < 1.29 is 0 Å². The molecule has 0 bridgehead atoms. The van der Waals surface area contributed by atoms with Gasteiger partial charge >= 0.3 is 0 Å². The van der Waals surface area contributed by atoms with E-state index < -0.39 is 0 Å². The minimum atomic E-state index is 0.385. The zero-order valence-electron chi connectivity index (χ0n) is 12.9. The minimum absolute atomic E-state index is 0.385. The molecule has 5 heteroatoms. The molecule has 0 spiro atoms. The van der Waals surface area contributed by atoms with Crippen molar-refractivity contribution in [1.29, 1.82) is 0 Å². The Hall–Kier alpha value is -1.20. The predicted octanol–water partition coefficient (Wildman–Crippen LogP) is 3.15. The summed E-state index contributed by atoms with van der Waals surface area (Å²) < 4.78 is 2.92. The summed E-state index contributed by atoms with van der Waals surface area (Å²) in [5.41, 5.74) is 2.35. The molecule has 0 aliphatic carbocycles. The first-order valence-electron chi connectivity index (χ1n) is 7.36. The first-order valence-corrected chi connectivity index (χ1v) is 8.16. The largest absolute Gasteiger partial charge is 0.316 e. The van der Waals surface area contributed by atoms with Crippen LogP contribution in [0, 0.1) is 5.92 Å². The Balaban J connectivity index is 2.12. The molecule has 1 unspecified atom stereocenters. The molecule has 1 atom stereocenters. The lowest BCUT2D eigenvalue weighted by atomic mass is 9.94. The highest BCUT2D eigenvalue weighted by molar-refractivity contribution is 9.10. The Morgan fingerprint density at radius 3 is 2.62 bits per heavy atom. The molecule has 1 aromatic heterocycles. The van der Waals surface area contributed by atoms with E-state index in [0.717, 1.165) is 29.7 Å². The molecule has 0 radical (unpaired) electrons. The van der Waals surface area contributed by atoms with Gasteiger partial charge < -0.3 is 5.32 Å². The highest BCUT2D eigenvalue weighted by Gasteiger charge is 2.16. The van der Waals surface area contributed by atoms with Crippen molar-refractivity contribution in [2.45, 2.75) is 26.2 Å². The summed E-state index contributed by atoms with van der Waals surface area (Å²) in [6.45, 7) is 6.42. The van der Waals surface area contributed by atoms with Crippen molar-refractivity contribution in [2.75, 3.05) is 13.1 Å². The first kappa shape index (κ1) is 16.2. The Morgan fingerprint density at radius 1 is 1.24 bits per heavy atom. The third kappa shape index (κ3) is 4.93. The second kappa shape index (κ2) is 7.71. The number of aryl methyl sites for hydroxylation is 1. The Bertz CT molecular complexity index is 565. The van der Waals surface area contributed by atoms with Crippen LogP contribution in [0.25, 0.3) is 0 Å². The molecule has 4 nitrogen and oxygen atoms in total. The van der Waals surface area contributed by atoms with Gasteiger partial charge in [-0.2, -0.15) is 0 Å². The molecule has 0 fully saturated rings. The van der Waals surface area contributed by atoms with Crippen LogP contribution in [-0.4, -0.2) is 28.1 Å². The molecule has 0 saturated carbocycles. The number of nitrogens with one attached hydrogen (secondary N) is 1. The fourth-order valence-electron chi connectivity index (χ4n) is 2.39. The molecule has 2 aromatic rings. The third-order valence-electron chi connectivity index (χ3n) is 3.39. The van der Waals surface area contributed by atoms with Gasteiger partial charge in [-0.1, -0.05) is 53.2 Å². The average Bonchev–Trinajstić information content (AvgIpc) is 2.83.